The number of hydrogen-bond donors (Lipinski definition) is 0. The van der Waals surface area contributed by atoms with Crippen LogP contribution in [0.5, 0.6) is 0 Å². The fraction of sp³-hybridized carbons (Fsp3) is 0.700. The fourth-order valence-electron chi connectivity index (χ4n) is 1.20. The first kappa shape index (κ1) is 12.2. The van der Waals surface area contributed by atoms with E-state index in [0.29, 0.717) is 0 Å². The molecule has 2 heteroatoms. The lowest BCUT2D eigenvalue weighted by molar-refractivity contribution is 0.872. The zero-order chi connectivity index (χ0) is 9.61. The van der Waals surface area contributed by atoms with Gasteiger partial charge in [0.15, 0.2) is 0 Å². The van der Waals surface area contributed by atoms with E-state index in [0.717, 1.165) is 12.2 Å². The van der Waals surface area contributed by atoms with E-state index in [4.69, 9.17) is 0 Å². The van der Waals surface area contributed by atoms with E-state index in [1.807, 2.05) is 23.5 Å². The fourth-order valence-corrected chi connectivity index (χ4v) is 3.65. The predicted octanol–water partition coefficient (Wildman–Crippen LogP) is 3.94. The Morgan fingerprint density at radius 3 is 2.33 bits per heavy atom. The summed E-state index contributed by atoms with van der Waals surface area (Å²) < 4.78 is 0.219. The lowest BCUT2D eigenvalue weighted by Gasteiger charge is -2.29. The van der Waals surface area contributed by atoms with Crippen molar-refractivity contribution < 1.29 is 0 Å². The van der Waals surface area contributed by atoms with Gasteiger partial charge in [-0.1, -0.05) is 20.4 Å². The molecule has 1 atom stereocenters. The molecule has 0 aliphatic carbocycles. The molecule has 0 aromatic heterocycles. The summed E-state index contributed by atoms with van der Waals surface area (Å²) in [6.07, 6.45) is 3.30. The third kappa shape index (κ3) is 2.62. The molecule has 0 fully saturated rings. The van der Waals surface area contributed by atoms with E-state index in [-0.39, 0.29) is 4.08 Å². The molecule has 0 rings (SSSR count). The largest absolute Gasteiger partial charge is 0.143 e. The minimum atomic E-state index is 0.219. The minimum absolute atomic E-state index is 0.219. The van der Waals surface area contributed by atoms with Crippen molar-refractivity contribution in [3.8, 4) is 0 Å². The molecule has 0 spiro atoms. The Labute approximate surface area is 84.9 Å². The van der Waals surface area contributed by atoms with Crippen molar-refractivity contribution >= 4 is 23.5 Å². The third-order valence-corrected chi connectivity index (χ3v) is 5.47. The molecule has 0 nitrogen and oxygen atoms in total. The predicted molar refractivity (Wildman–Crippen MR) is 63.0 cm³/mol. The molecule has 1 unspecified atom stereocenters. The Morgan fingerprint density at radius 1 is 1.50 bits per heavy atom. The van der Waals surface area contributed by atoms with Gasteiger partial charge in [0.25, 0.3) is 0 Å². The van der Waals surface area contributed by atoms with Gasteiger partial charge >= 0.3 is 0 Å². The molecular formula is C10H18S2. The number of hydrogen-bond acceptors (Lipinski definition) is 2. The minimum Gasteiger partial charge on any atom is -0.143 e. The van der Waals surface area contributed by atoms with Crippen LogP contribution in [0.2, 0.25) is 0 Å². The van der Waals surface area contributed by atoms with E-state index in [1.165, 1.54) is 5.57 Å². The molecule has 12 heavy (non-hydrogen) atoms. The summed E-state index contributed by atoms with van der Waals surface area (Å²) in [5.74, 6) is 1.15. The maximum Gasteiger partial charge on any atom is 0.0885 e. The molecule has 0 bridgehead atoms. The Kier molecular flexibility index (Phi) is 5.90. The van der Waals surface area contributed by atoms with Crippen LogP contribution in [0, 0.1) is 0 Å². The van der Waals surface area contributed by atoms with Gasteiger partial charge in [-0.2, -0.15) is 0 Å². The van der Waals surface area contributed by atoms with Gasteiger partial charge in [0.05, 0.1) is 4.08 Å². The van der Waals surface area contributed by atoms with E-state index in [1.54, 1.807) is 0 Å². The molecule has 0 aliphatic rings. The zero-order valence-electron chi connectivity index (χ0n) is 8.44. The van der Waals surface area contributed by atoms with Crippen LogP contribution in [0.25, 0.3) is 0 Å². The SMILES string of the molecule is C=C=C(C)C(CC)(SC)SCC. The van der Waals surface area contributed by atoms with Gasteiger partial charge in [-0.05, 0) is 30.9 Å². The second kappa shape index (κ2) is 5.80. The van der Waals surface area contributed by atoms with Gasteiger partial charge in [0, 0.05) is 0 Å². The molecule has 0 amide bonds. The lowest BCUT2D eigenvalue weighted by atomic mass is 10.2. The summed E-state index contributed by atoms with van der Waals surface area (Å²) in [5, 5.41) is 0. The topological polar surface area (TPSA) is 0 Å². The third-order valence-electron chi connectivity index (χ3n) is 2.01. The first-order chi connectivity index (χ1) is 5.66. The molecule has 0 aromatic rings. The highest BCUT2D eigenvalue weighted by Gasteiger charge is 2.28. The summed E-state index contributed by atoms with van der Waals surface area (Å²) >= 11 is 3.88. The quantitative estimate of drug-likeness (QED) is 0.489. The molecule has 70 valence electrons. The van der Waals surface area contributed by atoms with Crippen molar-refractivity contribution in [2.75, 3.05) is 12.0 Å². The Bertz CT molecular complexity index is 174. The summed E-state index contributed by atoms with van der Waals surface area (Å²) in [6, 6.07) is 0. The second-order valence-corrected chi connectivity index (χ2v) is 5.47. The van der Waals surface area contributed by atoms with Crippen LogP contribution in [-0.4, -0.2) is 16.1 Å². The molecule has 0 heterocycles. The maximum atomic E-state index is 3.72. The van der Waals surface area contributed by atoms with Crippen molar-refractivity contribution in [1.29, 1.82) is 0 Å². The van der Waals surface area contributed by atoms with Crippen LogP contribution in [0.1, 0.15) is 27.2 Å². The molecule has 0 N–H and O–H groups in total. The van der Waals surface area contributed by atoms with Gasteiger partial charge in [0.2, 0.25) is 0 Å². The lowest BCUT2D eigenvalue weighted by Crippen LogP contribution is -2.20. The zero-order valence-corrected chi connectivity index (χ0v) is 10.1. The highest BCUT2D eigenvalue weighted by Crippen LogP contribution is 2.44. The average Bonchev–Trinajstić information content (AvgIpc) is 2.13. The summed E-state index contributed by atoms with van der Waals surface area (Å²) in [5.41, 5.74) is 4.29. The molecule has 0 saturated carbocycles. The standard InChI is InChI=1S/C10H18S2/c1-6-9(4)10(7-2,11-5)12-8-3/h1,7-8H2,2-5H3. The Hall–Kier alpha value is 0.220. The van der Waals surface area contributed by atoms with Gasteiger partial charge in [-0.3, -0.25) is 0 Å². The monoisotopic (exact) mass is 202 g/mol. The van der Waals surface area contributed by atoms with Crippen LogP contribution in [0.4, 0.5) is 0 Å². The van der Waals surface area contributed by atoms with Crippen molar-refractivity contribution in [2.24, 2.45) is 0 Å². The van der Waals surface area contributed by atoms with E-state index < -0.39 is 0 Å². The van der Waals surface area contributed by atoms with Crippen LogP contribution < -0.4 is 0 Å². The summed E-state index contributed by atoms with van der Waals surface area (Å²) in [4.78, 5) is 0. The summed E-state index contributed by atoms with van der Waals surface area (Å²) in [7, 11) is 0. The first-order valence-corrected chi connectivity index (χ1v) is 6.44. The van der Waals surface area contributed by atoms with Crippen molar-refractivity contribution in [3.05, 3.63) is 17.9 Å². The molecule has 0 aromatic carbocycles. The maximum absolute atomic E-state index is 3.72. The van der Waals surface area contributed by atoms with E-state index in [2.05, 4.69) is 39.3 Å². The van der Waals surface area contributed by atoms with E-state index >= 15 is 0 Å². The van der Waals surface area contributed by atoms with E-state index in [9.17, 15) is 0 Å². The molecule has 0 radical (unpaired) electrons. The molecular weight excluding hydrogens is 184 g/mol. The number of rotatable bonds is 5. The van der Waals surface area contributed by atoms with Gasteiger partial charge in [-0.25, -0.2) is 0 Å². The van der Waals surface area contributed by atoms with Crippen LogP contribution in [0.3, 0.4) is 0 Å². The Morgan fingerprint density at radius 2 is 2.08 bits per heavy atom. The van der Waals surface area contributed by atoms with Crippen molar-refractivity contribution in [1.82, 2.24) is 0 Å². The molecule has 0 saturated heterocycles. The highest BCUT2D eigenvalue weighted by atomic mass is 32.2. The van der Waals surface area contributed by atoms with Gasteiger partial charge < -0.3 is 0 Å². The first-order valence-electron chi connectivity index (χ1n) is 4.23. The normalized spacial score (nSPS) is 15.0. The van der Waals surface area contributed by atoms with Gasteiger partial charge in [0.1, 0.15) is 0 Å². The highest BCUT2D eigenvalue weighted by molar-refractivity contribution is 8.18. The number of thioether (sulfide) groups is 2. The smallest absolute Gasteiger partial charge is 0.0885 e. The van der Waals surface area contributed by atoms with Crippen LogP contribution in [-0.2, 0) is 0 Å². The average molecular weight is 202 g/mol. The van der Waals surface area contributed by atoms with Crippen LogP contribution >= 0.6 is 23.5 Å². The Balaban J connectivity index is 4.68. The van der Waals surface area contributed by atoms with Crippen molar-refractivity contribution in [2.45, 2.75) is 31.3 Å². The summed E-state index contributed by atoms with van der Waals surface area (Å²) in [6.45, 7) is 10.3. The van der Waals surface area contributed by atoms with Crippen molar-refractivity contribution in [3.63, 3.8) is 0 Å². The van der Waals surface area contributed by atoms with Crippen LogP contribution in [0.15, 0.2) is 17.9 Å². The van der Waals surface area contributed by atoms with Gasteiger partial charge in [-0.15, -0.1) is 29.3 Å². The molecule has 0 aliphatic heterocycles. The second-order valence-electron chi connectivity index (χ2n) is 2.55.